The number of hydrogen-bond acceptors (Lipinski definition) is 1. The fourth-order valence-electron chi connectivity index (χ4n) is 4.72. The zero-order valence-electron chi connectivity index (χ0n) is 14.1. The summed E-state index contributed by atoms with van der Waals surface area (Å²) in [6, 6.07) is 0. The Balaban J connectivity index is 1.72. The summed E-state index contributed by atoms with van der Waals surface area (Å²) in [7, 11) is 0. The van der Waals surface area contributed by atoms with Gasteiger partial charge in [0.2, 0.25) is 0 Å². The van der Waals surface area contributed by atoms with Gasteiger partial charge in [-0.25, -0.2) is 0 Å². The predicted molar refractivity (Wildman–Crippen MR) is 97.2 cm³/mol. The maximum Gasteiger partial charge on any atom is 0.190 e. The lowest BCUT2D eigenvalue weighted by atomic mass is 9.72. The first-order chi connectivity index (χ1) is 11.6. The predicted octanol–water partition coefficient (Wildman–Crippen LogP) is 5.09. The van der Waals surface area contributed by atoms with Crippen LogP contribution in [0, 0.1) is 11.3 Å². The largest absolute Gasteiger partial charge is 0.289 e. The van der Waals surface area contributed by atoms with Gasteiger partial charge in [0.05, 0.1) is 0 Å². The molecule has 0 heterocycles. The van der Waals surface area contributed by atoms with Gasteiger partial charge in [-0.05, 0) is 46.8 Å². The topological polar surface area (TPSA) is 17.1 Å². The van der Waals surface area contributed by atoms with E-state index in [0.29, 0.717) is 5.92 Å². The molecule has 0 radical (unpaired) electrons. The van der Waals surface area contributed by atoms with Gasteiger partial charge in [0.25, 0.3) is 0 Å². The lowest BCUT2D eigenvalue weighted by Crippen LogP contribution is -2.23. The minimum absolute atomic E-state index is 0.0821. The molecule has 1 atom stereocenters. The molecule has 0 spiro atoms. The summed E-state index contributed by atoms with van der Waals surface area (Å²) in [5.74, 6) is 0.622. The molecule has 0 saturated heterocycles. The van der Waals surface area contributed by atoms with Crippen molar-refractivity contribution in [3.8, 4) is 0 Å². The molecule has 0 aromatic carbocycles. The van der Waals surface area contributed by atoms with E-state index in [-0.39, 0.29) is 11.2 Å². The van der Waals surface area contributed by atoms with E-state index in [2.05, 4.69) is 68.5 Å². The molecule has 0 bridgehead atoms. The van der Waals surface area contributed by atoms with E-state index in [1.807, 2.05) is 0 Å². The first-order valence-corrected chi connectivity index (χ1v) is 8.75. The Labute approximate surface area is 142 Å². The smallest absolute Gasteiger partial charge is 0.190 e. The Kier molecular flexibility index (Phi) is 2.66. The van der Waals surface area contributed by atoms with Gasteiger partial charge in [-0.15, -0.1) is 0 Å². The van der Waals surface area contributed by atoms with Crippen LogP contribution in [0.25, 0.3) is 0 Å². The summed E-state index contributed by atoms with van der Waals surface area (Å²) in [6.07, 6.45) is 21.3. The third kappa shape index (κ3) is 1.67. The molecule has 0 aromatic rings. The number of rotatable bonds is 0. The van der Waals surface area contributed by atoms with Crippen molar-refractivity contribution in [3.63, 3.8) is 0 Å². The SMILES string of the molecule is CC1(C)C2=CC=CCC2=C2C(=O)C3=C(C=C4C=CC=CC4C3)C=C21. The first kappa shape index (κ1) is 14.0. The lowest BCUT2D eigenvalue weighted by Gasteiger charge is -2.31. The average Bonchev–Trinajstić information content (AvgIpc) is 2.82. The van der Waals surface area contributed by atoms with Gasteiger partial charge < -0.3 is 0 Å². The van der Waals surface area contributed by atoms with E-state index in [1.165, 1.54) is 22.3 Å². The maximum atomic E-state index is 13.4. The van der Waals surface area contributed by atoms with Gasteiger partial charge in [-0.1, -0.05) is 62.5 Å². The van der Waals surface area contributed by atoms with Crippen LogP contribution in [0.1, 0.15) is 26.7 Å². The van der Waals surface area contributed by atoms with Crippen LogP contribution >= 0.6 is 0 Å². The van der Waals surface area contributed by atoms with Crippen LogP contribution in [0.3, 0.4) is 0 Å². The van der Waals surface area contributed by atoms with Crippen LogP contribution < -0.4 is 0 Å². The Morgan fingerprint density at radius 2 is 1.92 bits per heavy atom. The zero-order valence-corrected chi connectivity index (χ0v) is 14.1. The second-order valence-corrected chi connectivity index (χ2v) is 7.71. The number of carbonyl (C=O) groups excluding carboxylic acids is 1. The van der Waals surface area contributed by atoms with Crippen molar-refractivity contribution in [3.05, 3.63) is 93.7 Å². The van der Waals surface area contributed by atoms with E-state index in [1.54, 1.807) is 0 Å². The Hall–Kier alpha value is -2.41. The molecule has 1 unspecified atom stereocenters. The number of carbonyl (C=O) groups is 1. The van der Waals surface area contributed by atoms with Crippen LogP contribution in [0.4, 0.5) is 0 Å². The average molecular weight is 312 g/mol. The molecule has 0 saturated carbocycles. The van der Waals surface area contributed by atoms with Gasteiger partial charge in [-0.3, -0.25) is 4.79 Å². The second kappa shape index (κ2) is 4.57. The van der Waals surface area contributed by atoms with Gasteiger partial charge >= 0.3 is 0 Å². The number of ketones is 1. The fraction of sp³-hybridized carbons (Fsp3) is 0.261. The van der Waals surface area contributed by atoms with Crippen molar-refractivity contribution in [2.45, 2.75) is 26.7 Å². The van der Waals surface area contributed by atoms with Crippen LogP contribution in [0.5, 0.6) is 0 Å². The lowest BCUT2D eigenvalue weighted by molar-refractivity contribution is -0.112. The van der Waals surface area contributed by atoms with E-state index >= 15 is 0 Å². The van der Waals surface area contributed by atoms with Crippen molar-refractivity contribution in [2.75, 3.05) is 0 Å². The molecule has 118 valence electrons. The molecule has 0 aliphatic heterocycles. The van der Waals surface area contributed by atoms with E-state index in [0.717, 1.165) is 29.6 Å². The van der Waals surface area contributed by atoms with E-state index in [9.17, 15) is 4.79 Å². The Bertz CT molecular complexity index is 933. The molecule has 5 rings (SSSR count). The number of hydrogen-bond donors (Lipinski definition) is 0. The highest BCUT2D eigenvalue weighted by Crippen LogP contribution is 2.55. The summed E-state index contributed by atoms with van der Waals surface area (Å²) in [6.45, 7) is 4.50. The summed E-state index contributed by atoms with van der Waals surface area (Å²) >= 11 is 0. The van der Waals surface area contributed by atoms with Crippen LogP contribution in [0.2, 0.25) is 0 Å². The number of fused-ring (bicyclic) bond motifs is 3. The minimum atomic E-state index is -0.0821. The molecule has 1 nitrogen and oxygen atoms in total. The fourth-order valence-corrected chi connectivity index (χ4v) is 4.72. The molecular weight excluding hydrogens is 292 g/mol. The van der Waals surface area contributed by atoms with Crippen LogP contribution in [0.15, 0.2) is 93.7 Å². The molecular formula is C23H20O. The number of Topliss-reactive ketones (excluding diaryl/α,β-unsaturated/α-hetero) is 1. The van der Waals surface area contributed by atoms with Gasteiger partial charge in [-0.2, -0.15) is 0 Å². The van der Waals surface area contributed by atoms with Gasteiger partial charge in [0.15, 0.2) is 5.78 Å². The highest BCUT2D eigenvalue weighted by atomic mass is 16.1. The summed E-state index contributed by atoms with van der Waals surface area (Å²) in [4.78, 5) is 13.4. The first-order valence-electron chi connectivity index (χ1n) is 8.75. The van der Waals surface area contributed by atoms with E-state index in [4.69, 9.17) is 0 Å². The van der Waals surface area contributed by atoms with Crippen LogP contribution in [-0.4, -0.2) is 5.78 Å². The number of allylic oxidation sites excluding steroid dienone is 16. The molecule has 5 aliphatic carbocycles. The molecule has 0 fully saturated rings. The summed E-state index contributed by atoms with van der Waals surface area (Å²) in [5, 5.41) is 0. The van der Waals surface area contributed by atoms with Gasteiger partial charge in [0.1, 0.15) is 0 Å². The highest BCUT2D eigenvalue weighted by molar-refractivity contribution is 6.16. The highest BCUT2D eigenvalue weighted by Gasteiger charge is 2.45. The Morgan fingerprint density at radius 1 is 1.04 bits per heavy atom. The minimum Gasteiger partial charge on any atom is -0.289 e. The van der Waals surface area contributed by atoms with Crippen molar-refractivity contribution in [2.24, 2.45) is 11.3 Å². The normalized spacial score (nSPS) is 28.8. The molecule has 0 amide bonds. The standard InChI is InChI=1S/C23H20O/c1-23(2)19-10-6-5-9-17(19)21-20(23)13-16-11-14-7-3-4-8-15(14)12-18(16)22(21)24/h3-8,10-11,13,15H,9,12H2,1-2H3. The zero-order chi connectivity index (χ0) is 16.5. The monoisotopic (exact) mass is 312 g/mol. The van der Waals surface area contributed by atoms with Gasteiger partial charge in [0, 0.05) is 22.5 Å². The summed E-state index contributed by atoms with van der Waals surface area (Å²) < 4.78 is 0. The van der Waals surface area contributed by atoms with E-state index < -0.39 is 0 Å². The van der Waals surface area contributed by atoms with Crippen molar-refractivity contribution >= 4 is 5.78 Å². The molecule has 24 heavy (non-hydrogen) atoms. The molecule has 1 heteroatoms. The van der Waals surface area contributed by atoms with Crippen LogP contribution in [-0.2, 0) is 4.79 Å². The molecule has 0 N–H and O–H groups in total. The maximum absolute atomic E-state index is 13.4. The van der Waals surface area contributed by atoms with Crippen molar-refractivity contribution < 1.29 is 4.79 Å². The third-order valence-corrected chi connectivity index (χ3v) is 6.03. The molecule has 0 aromatic heterocycles. The third-order valence-electron chi connectivity index (χ3n) is 6.03. The molecule has 5 aliphatic rings. The quantitative estimate of drug-likeness (QED) is 0.609. The Morgan fingerprint density at radius 3 is 2.79 bits per heavy atom. The summed E-state index contributed by atoms with van der Waals surface area (Å²) in [5.41, 5.74) is 8.15. The second-order valence-electron chi connectivity index (χ2n) is 7.71. The van der Waals surface area contributed by atoms with Crippen molar-refractivity contribution in [1.82, 2.24) is 0 Å². The van der Waals surface area contributed by atoms with Crippen molar-refractivity contribution in [1.29, 1.82) is 0 Å².